The number of aryl methyl sites for hydroxylation is 1. The lowest BCUT2D eigenvalue weighted by molar-refractivity contribution is 0.610. The fraction of sp³-hybridized carbons (Fsp3) is 0.467. The topological polar surface area (TPSA) is 12.0 Å². The maximum atomic E-state index is 6.32. The molecule has 1 rings (SSSR count). The third-order valence-corrected chi connectivity index (χ3v) is 2.93. The normalized spacial score (nSPS) is 12.3. The van der Waals surface area contributed by atoms with Gasteiger partial charge in [0.2, 0.25) is 0 Å². The molecule has 0 saturated heterocycles. The Morgan fingerprint density at radius 1 is 1.41 bits per heavy atom. The van der Waals surface area contributed by atoms with E-state index in [2.05, 4.69) is 51.2 Å². The lowest BCUT2D eigenvalue weighted by atomic mass is 10.0. The van der Waals surface area contributed by atoms with Gasteiger partial charge >= 0.3 is 0 Å². The number of benzene rings is 1. The fourth-order valence-electron chi connectivity index (χ4n) is 1.78. The summed E-state index contributed by atoms with van der Waals surface area (Å²) in [4.78, 5) is 0. The van der Waals surface area contributed by atoms with Crippen LogP contribution < -0.4 is 5.32 Å². The average Bonchev–Trinajstić information content (AvgIpc) is 2.24. The quantitative estimate of drug-likeness (QED) is 0.751. The van der Waals surface area contributed by atoms with Crippen LogP contribution in [-0.4, -0.2) is 6.54 Å². The van der Waals surface area contributed by atoms with Crippen LogP contribution >= 0.6 is 11.6 Å². The van der Waals surface area contributed by atoms with E-state index in [4.69, 9.17) is 11.6 Å². The molecule has 0 radical (unpaired) electrons. The second kappa shape index (κ2) is 6.83. The Morgan fingerprint density at radius 3 is 2.65 bits per heavy atom. The monoisotopic (exact) mass is 251 g/mol. The van der Waals surface area contributed by atoms with E-state index in [0.717, 1.165) is 23.6 Å². The Kier molecular flexibility index (Phi) is 5.73. The highest BCUT2D eigenvalue weighted by Gasteiger charge is 2.11. The van der Waals surface area contributed by atoms with Crippen molar-refractivity contribution in [2.45, 2.75) is 40.2 Å². The van der Waals surface area contributed by atoms with Gasteiger partial charge in [-0.25, -0.2) is 0 Å². The van der Waals surface area contributed by atoms with Gasteiger partial charge < -0.3 is 5.32 Å². The van der Waals surface area contributed by atoms with Crippen LogP contribution in [0.25, 0.3) is 0 Å². The van der Waals surface area contributed by atoms with Crippen molar-refractivity contribution in [3.63, 3.8) is 0 Å². The van der Waals surface area contributed by atoms with E-state index in [1.54, 1.807) is 0 Å². The summed E-state index contributed by atoms with van der Waals surface area (Å²) in [7, 11) is 0. The van der Waals surface area contributed by atoms with Crippen molar-refractivity contribution in [1.29, 1.82) is 0 Å². The molecule has 1 aromatic carbocycles. The molecule has 94 valence electrons. The summed E-state index contributed by atoms with van der Waals surface area (Å²) in [5, 5.41) is 4.36. The average molecular weight is 252 g/mol. The van der Waals surface area contributed by atoms with Crippen LogP contribution in [0, 0.1) is 6.92 Å². The largest absolute Gasteiger partial charge is 0.307 e. The standard InChI is InChI=1S/C15H22ClN/c1-5-8-17-15(9-11(2)3)13-7-6-12(4)10-14(13)16/h6-7,9-10,15,17H,5,8H2,1-4H3. The molecular weight excluding hydrogens is 230 g/mol. The van der Waals surface area contributed by atoms with Crippen LogP contribution in [0.1, 0.15) is 44.4 Å². The van der Waals surface area contributed by atoms with E-state index < -0.39 is 0 Å². The summed E-state index contributed by atoms with van der Waals surface area (Å²) >= 11 is 6.32. The molecule has 0 amide bonds. The zero-order chi connectivity index (χ0) is 12.8. The highest BCUT2D eigenvalue weighted by molar-refractivity contribution is 6.31. The maximum absolute atomic E-state index is 6.32. The van der Waals surface area contributed by atoms with Crippen LogP contribution in [0.2, 0.25) is 5.02 Å². The zero-order valence-electron chi connectivity index (χ0n) is 11.2. The van der Waals surface area contributed by atoms with Crippen molar-refractivity contribution >= 4 is 11.6 Å². The number of allylic oxidation sites excluding steroid dienone is 1. The molecule has 2 heteroatoms. The van der Waals surface area contributed by atoms with E-state index in [1.165, 1.54) is 11.1 Å². The lowest BCUT2D eigenvalue weighted by Gasteiger charge is -2.17. The van der Waals surface area contributed by atoms with Gasteiger partial charge in [-0.15, -0.1) is 0 Å². The molecule has 0 aliphatic heterocycles. The van der Waals surface area contributed by atoms with Gasteiger partial charge in [-0.1, -0.05) is 42.3 Å². The highest BCUT2D eigenvalue weighted by atomic mass is 35.5. The third kappa shape index (κ3) is 4.53. The van der Waals surface area contributed by atoms with Gasteiger partial charge in [0.1, 0.15) is 0 Å². The van der Waals surface area contributed by atoms with E-state index in [9.17, 15) is 0 Å². The number of rotatable bonds is 5. The summed E-state index contributed by atoms with van der Waals surface area (Å²) in [5.41, 5.74) is 3.66. The molecule has 17 heavy (non-hydrogen) atoms. The number of hydrogen-bond donors (Lipinski definition) is 1. The van der Waals surface area contributed by atoms with E-state index in [1.807, 2.05) is 6.07 Å². The first-order valence-electron chi connectivity index (χ1n) is 6.19. The predicted molar refractivity (Wildman–Crippen MR) is 76.7 cm³/mol. The van der Waals surface area contributed by atoms with Crippen LogP contribution in [-0.2, 0) is 0 Å². The van der Waals surface area contributed by atoms with Gasteiger partial charge in [-0.2, -0.15) is 0 Å². The molecular formula is C15H22ClN. The molecule has 0 fully saturated rings. The Bertz CT molecular complexity index is 392. The summed E-state index contributed by atoms with van der Waals surface area (Å²) in [5.74, 6) is 0. The van der Waals surface area contributed by atoms with E-state index >= 15 is 0 Å². The van der Waals surface area contributed by atoms with Crippen LogP contribution in [0.4, 0.5) is 0 Å². The summed E-state index contributed by atoms with van der Waals surface area (Å²) in [6.07, 6.45) is 3.35. The van der Waals surface area contributed by atoms with E-state index in [0.29, 0.717) is 0 Å². The molecule has 1 N–H and O–H groups in total. The first-order chi connectivity index (χ1) is 8.04. The number of hydrogen-bond acceptors (Lipinski definition) is 1. The molecule has 1 aromatic rings. The van der Waals surface area contributed by atoms with Gasteiger partial charge in [0.05, 0.1) is 6.04 Å². The summed E-state index contributed by atoms with van der Waals surface area (Å²) < 4.78 is 0. The molecule has 1 atom stereocenters. The smallest absolute Gasteiger partial charge is 0.0523 e. The van der Waals surface area contributed by atoms with Gasteiger partial charge in [-0.05, 0) is 50.9 Å². The first-order valence-corrected chi connectivity index (χ1v) is 6.56. The third-order valence-electron chi connectivity index (χ3n) is 2.61. The lowest BCUT2D eigenvalue weighted by Crippen LogP contribution is -2.21. The minimum absolute atomic E-state index is 0.216. The number of halogens is 1. The molecule has 1 nitrogen and oxygen atoms in total. The Labute approximate surface area is 110 Å². The van der Waals surface area contributed by atoms with Gasteiger partial charge in [-0.3, -0.25) is 0 Å². The van der Waals surface area contributed by atoms with Crippen LogP contribution in [0.5, 0.6) is 0 Å². The predicted octanol–water partition coefficient (Wildman–Crippen LogP) is 4.66. The molecule has 0 aliphatic carbocycles. The maximum Gasteiger partial charge on any atom is 0.0523 e. The second-order valence-electron chi connectivity index (χ2n) is 4.70. The summed E-state index contributed by atoms with van der Waals surface area (Å²) in [6, 6.07) is 6.47. The molecule has 0 bridgehead atoms. The fourth-order valence-corrected chi connectivity index (χ4v) is 2.13. The van der Waals surface area contributed by atoms with Crippen molar-refractivity contribution in [3.8, 4) is 0 Å². The van der Waals surface area contributed by atoms with Gasteiger partial charge in [0.15, 0.2) is 0 Å². The van der Waals surface area contributed by atoms with Crippen molar-refractivity contribution in [3.05, 3.63) is 46.0 Å². The molecule has 0 saturated carbocycles. The summed E-state index contributed by atoms with van der Waals surface area (Å²) in [6.45, 7) is 9.46. The Morgan fingerprint density at radius 2 is 2.12 bits per heavy atom. The van der Waals surface area contributed by atoms with Gasteiger partial charge in [0, 0.05) is 5.02 Å². The highest BCUT2D eigenvalue weighted by Crippen LogP contribution is 2.25. The molecule has 0 spiro atoms. The first kappa shape index (κ1) is 14.3. The minimum Gasteiger partial charge on any atom is -0.307 e. The molecule has 1 unspecified atom stereocenters. The molecule has 0 aliphatic rings. The second-order valence-corrected chi connectivity index (χ2v) is 5.11. The zero-order valence-corrected chi connectivity index (χ0v) is 11.9. The van der Waals surface area contributed by atoms with Crippen molar-refractivity contribution in [2.75, 3.05) is 6.54 Å². The van der Waals surface area contributed by atoms with Crippen LogP contribution in [0.15, 0.2) is 29.8 Å². The Hall–Kier alpha value is -0.790. The van der Waals surface area contributed by atoms with Gasteiger partial charge in [0.25, 0.3) is 0 Å². The van der Waals surface area contributed by atoms with Crippen molar-refractivity contribution in [2.24, 2.45) is 0 Å². The minimum atomic E-state index is 0.216. The van der Waals surface area contributed by atoms with Crippen LogP contribution in [0.3, 0.4) is 0 Å². The SMILES string of the molecule is CCCNC(C=C(C)C)c1ccc(C)cc1Cl. The van der Waals surface area contributed by atoms with E-state index in [-0.39, 0.29) is 6.04 Å². The van der Waals surface area contributed by atoms with Crippen molar-refractivity contribution in [1.82, 2.24) is 5.32 Å². The number of nitrogens with one attached hydrogen (secondary N) is 1. The molecule has 0 heterocycles. The van der Waals surface area contributed by atoms with Crippen molar-refractivity contribution < 1.29 is 0 Å². The molecule has 0 aromatic heterocycles. The Balaban J connectivity index is 2.99.